The average molecular weight is 359 g/mol. The summed E-state index contributed by atoms with van der Waals surface area (Å²) in [7, 11) is 0. The van der Waals surface area contributed by atoms with E-state index in [0.717, 1.165) is 54.0 Å². The van der Waals surface area contributed by atoms with E-state index in [1.54, 1.807) is 6.26 Å². The zero-order valence-corrected chi connectivity index (χ0v) is 14.6. The van der Waals surface area contributed by atoms with Gasteiger partial charge in [-0.25, -0.2) is 9.78 Å². The second-order valence-corrected chi connectivity index (χ2v) is 6.60. The quantitative estimate of drug-likeness (QED) is 0.581. The molecule has 0 atom stereocenters. The molecule has 0 saturated carbocycles. The number of fused-ring (bicyclic) bond motifs is 2. The molecule has 6 nitrogen and oxygen atoms in total. The largest absolute Gasteiger partial charge is 0.464 e. The fraction of sp³-hybridized carbons (Fsp3) is 0.190. The van der Waals surface area contributed by atoms with Crippen molar-refractivity contribution in [2.45, 2.75) is 25.7 Å². The maximum Gasteiger partial charge on any atom is 0.442 e. The molecule has 0 aliphatic heterocycles. The Hall–Kier alpha value is -3.41. The summed E-state index contributed by atoms with van der Waals surface area (Å²) in [6.07, 6.45) is 5.60. The molecule has 134 valence electrons. The first-order valence-electron chi connectivity index (χ1n) is 9.02. The van der Waals surface area contributed by atoms with Gasteiger partial charge in [-0.1, -0.05) is 18.2 Å². The van der Waals surface area contributed by atoms with Crippen LogP contribution >= 0.6 is 0 Å². The van der Waals surface area contributed by atoms with Gasteiger partial charge in [-0.15, -0.1) is 0 Å². The van der Waals surface area contributed by atoms with Crippen LogP contribution in [0.5, 0.6) is 0 Å². The van der Waals surface area contributed by atoms with Crippen molar-refractivity contribution in [3.8, 4) is 11.3 Å². The lowest BCUT2D eigenvalue weighted by Gasteiger charge is -2.20. The van der Waals surface area contributed by atoms with Crippen LogP contribution < -0.4 is 11.1 Å². The van der Waals surface area contributed by atoms with Gasteiger partial charge in [0.25, 0.3) is 0 Å². The second-order valence-electron chi connectivity index (χ2n) is 6.60. The van der Waals surface area contributed by atoms with E-state index in [2.05, 4.69) is 15.3 Å². The first-order valence-corrected chi connectivity index (χ1v) is 9.02. The van der Waals surface area contributed by atoms with Gasteiger partial charge in [0.15, 0.2) is 5.82 Å². The summed E-state index contributed by atoms with van der Waals surface area (Å²) in [5.41, 5.74) is 4.16. The highest BCUT2D eigenvalue weighted by molar-refractivity contribution is 6.01. The van der Waals surface area contributed by atoms with Crippen molar-refractivity contribution in [2.24, 2.45) is 0 Å². The zero-order chi connectivity index (χ0) is 18.2. The average Bonchev–Trinajstić information content (AvgIpc) is 3.21. The lowest BCUT2D eigenvalue weighted by molar-refractivity contribution is 0.518. The molecule has 6 heteroatoms. The molecule has 0 bridgehead atoms. The monoisotopic (exact) mass is 359 g/mol. The number of hydrogen-bond donors (Lipinski definition) is 1. The Morgan fingerprint density at radius 3 is 2.63 bits per heavy atom. The number of aromatic nitrogens is 2. The van der Waals surface area contributed by atoms with E-state index in [9.17, 15) is 4.79 Å². The van der Waals surface area contributed by atoms with Crippen molar-refractivity contribution < 1.29 is 8.83 Å². The molecule has 0 unspecified atom stereocenters. The highest BCUT2D eigenvalue weighted by Gasteiger charge is 2.25. The summed E-state index contributed by atoms with van der Waals surface area (Å²) < 4.78 is 11.1. The van der Waals surface area contributed by atoms with Gasteiger partial charge in [-0.2, -0.15) is 4.98 Å². The lowest BCUT2D eigenvalue weighted by atomic mass is 9.89. The molecule has 0 amide bonds. The van der Waals surface area contributed by atoms with Crippen LogP contribution in [0.1, 0.15) is 24.1 Å². The van der Waals surface area contributed by atoms with E-state index < -0.39 is 5.76 Å². The molecule has 0 spiro atoms. The number of furan rings is 1. The topological polar surface area (TPSA) is 81.2 Å². The maximum absolute atomic E-state index is 12.1. The van der Waals surface area contributed by atoms with Gasteiger partial charge >= 0.3 is 5.76 Å². The fourth-order valence-electron chi connectivity index (χ4n) is 3.71. The Morgan fingerprint density at radius 1 is 0.963 bits per heavy atom. The van der Waals surface area contributed by atoms with Crippen LogP contribution in [0.2, 0.25) is 0 Å². The smallest absolute Gasteiger partial charge is 0.442 e. The predicted octanol–water partition coefficient (Wildman–Crippen LogP) is 4.47. The van der Waals surface area contributed by atoms with Crippen molar-refractivity contribution in [1.29, 1.82) is 0 Å². The number of anilines is 2. The molecule has 0 radical (unpaired) electrons. The number of rotatable bonds is 3. The third-order valence-corrected chi connectivity index (χ3v) is 4.87. The number of nitrogens with zero attached hydrogens (tertiary/aromatic N) is 2. The highest BCUT2D eigenvalue weighted by Crippen LogP contribution is 2.39. The number of hydrogen-bond acceptors (Lipinski definition) is 6. The standard InChI is InChI=1S/C21H17N3O3/c25-21-24-19(22-13-7-2-1-3-8-13)18-17(16-11-6-12-26-16)14-9-4-5-10-15(14)23-20(18)27-21/h1-3,6-8,11-12H,4-5,9-10H2,(H,22,24,25). The van der Waals surface area contributed by atoms with Crippen LogP contribution in [0.15, 0.2) is 62.4 Å². The Bertz CT molecular complexity index is 1160. The number of pyridine rings is 1. The molecule has 4 aromatic rings. The number of para-hydroxylation sites is 1. The molecule has 1 aromatic carbocycles. The Morgan fingerprint density at radius 2 is 1.81 bits per heavy atom. The van der Waals surface area contributed by atoms with E-state index in [1.165, 1.54) is 0 Å². The van der Waals surface area contributed by atoms with Crippen molar-refractivity contribution in [3.05, 3.63) is 70.5 Å². The molecular formula is C21H17N3O3. The van der Waals surface area contributed by atoms with Gasteiger partial charge in [-0.05, 0) is 55.5 Å². The van der Waals surface area contributed by atoms with Crippen molar-refractivity contribution in [1.82, 2.24) is 9.97 Å². The van der Waals surface area contributed by atoms with E-state index in [1.807, 2.05) is 42.5 Å². The van der Waals surface area contributed by atoms with Gasteiger partial charge in [-0.3, -0.25) is 0 Å². The van der Waals surface area contributed by atoms with E-state index in [-0.39, 0.29) is 0 Å². The summed E-state index contributed by atoms with van der Waals surface area (Å²) in [5.74, 6) is 0.488. The molecule has 1 aliphatic carbocycles. The number of nitrogens with one attached hydrogen (secondary N) is 1. The molecule has 3 aromatic heterocycles. The minimum atomic E-state index is -0.672. The van der Waals surface area contributed by atoms with Crippen molar-refractivity contribution in [2.75, 3.05) is 5.32 Å². The lowest BCUT2D eigenvalue weighted by Crippen LogP contribution is -2.13. The molecule has 0 saturated heterocycles. The first-order chi connectivity index (χ1) is 13.3. The van der Waals surface area contributed by atoms with Gasteiger partial charge in [0, 0.05) is 16.9 Å². The molecule has 3 heterocycles. The molecule has 1 N–H and O–H groups in total. The highest BCUT2D eigenvalue weighted by atomic mass is 16.4. The zero-order valence-electron chi connectivity index (χ0n) is 14.6. The van der Waals surface area contributed by atoms with Crippen LogP contribution in [0.25, 0.3) is 22.4 Å². The molecule has 5 rings (SSSR count). The Balaban J connectivity index is 1.84. The molecule has 1 aliphatic rings. The summed E-state index contributed by atoms with van der Waals surface area (Å²) in [5, 5.41) is 3.92. The normalized spacial score (nSPS) is 13.5. The van der Waals surface area contributed by atoms with Crippen LogP contribution in [0.3, 0.4) is 0 Å². The van der Waals surface area contributed by atoms with Crippen LogP contribution in [-0.4, -0.2) is 9.97 Å². The van der Waals surface area contributed by atoms with Gasteiger partial charge in [0.05, 0.1) is 11.6 Å². The third kappa shape index (κ3) is 2.79. The van der Waals surface area contributed by atoms with Gasteiger partial charge in [0.1, 0.15) is 5.76 Å². The van der Waals surface area contributed by atoms with E-state index in [4.69, 9.17) is 8.83 Å². The molecule has 27 heavy (non-hydrogen) atoms. The second kappa shape index (κ2) is 6.39. The van der Waals surface area contributed by atoms with Crippen LogP contribution in [0.4, 0.5) is 11.5 Å². The summed E-state index contributed by atoms with van der Waals surface area (Å²) in [4.78, 5) is 20.8. The van der Waals surface area contributed by atoms with Crippen LogP contribution in [0, 0.1) is 0 Å². The minimum Gasteiger partial charge on any atom is -0.464 e. The third-order valence-electron chi connectivity index (χ3n) is 4.87. The maximum atomic E-state index is 12.1. The molecule has 0 fully saturated rings. The summed E-state index contributed by atoms with van der Waals surface area (Å²) in [6, 6.07) is 13.4. The van der Waals surface area contributed by atoms with E-state index >= 15 is 0 Å². The first kappa shape index (κ1) is 15.8. The SMILES string of the molecule is O=c1nc(Nc2ccccc2)c2c(-c3ccco3)c3c(nc2o1)CCCC3. The number of aryl methyl sites for hydroxylation is 1. The number of benzene rings is 1. The van der Waals surface area contributed by atoms with Crippen LogP contribution in [-0.2, 0) is 12.8 Å². The Labute approximate surface area is 154 Å². The van der Waals surface area contributed by atoms with Gasteiger partial charge < -0.3 is 14.2 Å². The van der Waals surface area contributed by atoms with Crippen molar-refractivity contribution in [3.63, 3.8) is 0 Å². The summed E-state index contributed by atoms with van der Waals surface area (Å²) in [6.45, 7) is 0. The Kier molecular flexibility index (Phi) is 3.74. The predicted molar refractivity (Wildman–Crippen MR) is 102 cm³/mol. The summed E-state index contributed by atoms with van der Waals surface area (Å²) >= 11 is 0. The fourth-order valence-corrected chi connectivity index (χ4v) is 3.71. The molecular weight excluding hydrogens is 342 g/mol. The minimum absolute atomic E-state index is 0.292. The van der Waals surface area contributed by atoms with E-state index in [0.29, 0.717) is 16.9 Å². The van der Waals surface area contributed by atoms with Gasteiger partial charge in [0.2, 0.25) is 5.71 Å². The van der Waals surface area contributed by atoms with Crippen molar-refractivity contribution >= 4 is 22.6 Å².